The Morgan fingerprint density at radius 2 is 1.86 bits per heavy atom. The minimum atomic E-state index is -0.311. The van der Waals surface area contributed by atoms with Gasteiger partial charge in [-0.2, -0.15) is 0 Å². The Bertz CT molecular complexity index is 1110. The fraction of sp³-hybridized carbons (Fsp3) is 0. The highest BCUT2D eigenvalue weighted by atomic mass is 35.5. The molecule has 3 aromatic heterocycles. The van der Waals surface area contributed by atoms with Gasteiger partial charge in [0.05, 0.1) is 9.90 Å². The zero-order chi connectivity index (χ0) is 19.5. The molecule has 0 bridgehead atoms. The van der Waals surface area contributed by atoms with Crippen LogP contribution in [0, 0.1) is 0 Å². The number of benzene rings is 1. The van der Waals surface area contributed by atoms with Crippen LogP contribution in [0.5, 0.6) is 0 Å². The molecule has 0 aliphatic rings. The quantitative estimate of drug-likeness (QED) is 0.463. The lowest BCUT2D eigenvalue weighted by Crippen LogP contribution is -2.11. The molecule has 0 fully saturated rings. The van der Waals surface area contributed by atoms with Crippen molar-refractivity contribution in [3.8, 4) is 5.82 Å². The van der Waals surface area contributed by atoms with Gasteiger partial charge in [0.15, 0.2) is 0 Å². The SMILES string of the molecule is O=C(Nc1ccc(Nc2cc(-n3ccnc3)ncn2)cc1)c1cc(Cl)sc1Cl. The third-order valence-electron chi connectivity index (χ3n) is 3.74. The number of anilines is 3. The van der Waals surface area contributed by atoms with Gasteiger partial charge in [-0.15, -0.1) is 11.3 Å². The molecule has 2 N–H and O–H groups in total. The first kappa shape index (κ1) is 18.4. The van der Waals surface area contributed by atoms with Gasteiger partial charge >= 0.3 is 0 Å². The Hall–Kier alpha value is -2.94. The van der Waals surface area contributed by atoms with Crippen LogP contribution in [0.25, 0.3) is 5.82 Å². The Balaban J connectivity index is 1.44. The Morgan fingerprint density at radius 1 is 1.07 bits per heavy atom. The number of carbonyl (C=O) groups excluding carboxylic acids is 1. The van der Waals surface area contributed by atoms with Crippen molar-refractivity contribution < 1.29 is 4.79 Å². The smallest absolute Gasteiger partial charge is 0.258 e. The van der Waals surface area contributed by atoms with Gasteiger partial charge in [-0.3, -0.25) is 9.36 Å². The van der Waals surface area contributed by atoms with E-state index in [-0.39, 0.29) is 5.91 Å². The largest absolute Gasteiger partial charge is 0.340 e. The second-order valence-electron chi connectivity index (χ2n) is 5.63. The molecule has 1 aromatic carbocycles. The molecule has 28 heavy (non-hydrogen) atoms. The summed E-state index contributed by atoms with van der Waals surface area (Å²) in [7, 11) is 0. The number of rotatable bonds is 5. The molecule has 0 saturated carbocycles. The molecule has 7 nitrogen and oxygen atoms in total. The van der Waals surface area contributed by atoms with Gasteiger partial charge in [-0.25, -0.2) is 15.0 Å². The summed E-state index contributed by atoms with van der Waals surface area (Å²) >= 11 is 13.1. The zero-order valence-electron chi connectivity index (χ0n) is 14.1. The predicted octanol–water partition coefficient (Wildman–Crippen LogP) is 5.03. The highest BCUT2D eigenvalue weighted by Gasteiger charge is 2.14. The number of nitrogens with one attached hydrogen (secondary N) is 2. The number of aromatic nitrogens is 4. The van der Waals surface area contributed by atoms with Crippen molar-refractivity contribution in [1.29, 1.82) is 0 Å². The Kier molecular flexibility index (Phi) is 5.25. The summed E-state index contributed by atoms with van der Waals surface area (Å²) in [6.45, 7) is 0. The van der Waals surface area contributed by atoms with Gasteiger partial charge in [0.1, 0.15) is 28.6 Å². The molecule has 0 spiro atoms. The van der Waals surface area contributed by atoms with E-state index in [4.69, 9.17) is 23.2 Å². The van der Waals surface area contributed by atoms with Crippen LogP contribution >= 0.6 is 34.5 Å². The standard InChI is InChI=1S/C18H12Cl2N6OS/c19-14-7-13(17(20)28-14)18(27)25-12-3-1-11(2-4-12)24-15-8-16(23-9-22-15)26-6-5-21-10-26/h1-10H,(H,25,27)(H,22,23,24). The minimum absolute atomic E-state index is 0.311. The van der Waals surface area contributed by atoms with Crippen LogP contribution in [0.2, 0.25) is 8.67 Å². The fourth-order valence-electron chi connectivity index (χ4n) is 2.43. The first-order chi connectivity index (χ1) is 13.6. The maximum absolute atomic E-state index is 12.3. The van der Waals surface area contributed by atoms with Gasteiger partial charge in [-0.1, -0.05) is 23.2 Å². The maximum atomic E-state index is 12.3. The third-order valence-corrected chi connectivity index (χ3v) is 5.23. The van der Waals surface area contributed by atoms with Crippen molar-refractivity contribution in [3.05, 3.63) is 75.7 Å². The van der Waals surface area contributed by atoms with Crippen molar-refractivity contribution in [2.24, 2.45) is 0 Å². The average Bonchev–Trinajstić information content (AvgIpc) is 3.33. The van der Waals surface area contributed by atoms with Crippen LogP contribution in [0.15, 0.2) is 61.4 Å². The summed E-state index contributed by atoms with van der Waals surface area (Å²) in [5.41, 5.74) is 1.80. The van der Waals surface area contributed by atoms with Crippen LogP contribution < -0.4 is 10.6 Å². The number of carbonyl (C=O) groups is 1. The van der Waals surface area contributed by atoms with Gasteiger partial charge in [0.2, 0.25) is 0 Å². The van der Waals surface area contributed by atoms with E-state index in [1.54, 1.807) is 47.6 Å². The summed E-state index contributed by atoms with van der Waals surface area (Å²) in [6, 6.07) is 10.6. The van der Waals surface area contributed by atoms with E-state index in [0.29, 0.717) is 31.6 Å². The van der Waals surface area contributed by atoms with E-state index in [1.807, 2.05) is 12.1 Å². The van der Waals surface area contributed by atoms with E-state index in [1.165, 1.54) is 6.33 Å². The third kappa shape index (κ3) is 4.14. The lowest BCUT2D eigenvalue weighted by molar-refractivity contribution is 0.102. The molecule has 0 atom stereocenters. The molecule has 0 saturated heterocycles. The fourth-order valence-corrected chi connectivity index (χ4v) is 3.89. The number of hydrogen-bond acceptors (Lipinski definition) is 6. The van der Waals surface area contributed by atoms with Crippen LogP contribution in [0.1, 0.15) is 10.4 Å². The minimum Gasteiger partial charge on any atom is -0.340 e. The number of nitrogens with zero attached hydrogens (tertiary/aromatic N) is 4. The molecular formula is C18H12Cl2N6OS. The summed E-state index contributed by atoms with van der Waals surface area (Å²) in [5.74, 6) is 1.02. The summed E-state index contributed by atoms with van der Waals surface area (Å²) in [4.78, 5) is 24.7. The number of imidazole rings is 1. The number of thiophene rings is 1. The van der Waals surface area contributed by atoms with Crippen LogP contribution in [0.4, 0.5) is 17.2 Å². The highest BCUT2D eigenvalue weighted by Crippen LogP contribution is 2.31. The van der Waals surface area contributed by atoms with Crippen LogP contribution in [-0.4, -0.2) is 25.4 Å². The first-order valence-electron chi connectivity index (χ1n) is 8.02. The van der Waals surface area contributed by atoms with E-state index in [9.17, 15) is 4.79 Å². The molecule has 0 aliphatic heterocycles. The molecule has 3 heterocycles. The molecule has 0 aliphatic carbocycles. The molecule has 0 radical (unpaired) electrons. The summed E-state index contributed by atoms with van der Waals surface area (Å²) in [6.07, 6.45) is 6.62. The van der Waals surface area contributed by atoms with E-state index in [0.717, 1.165) is 17.0 Å². The van der Waals surface area contributed by atoms with Crippen molar-refractivity contribution in [2.45, 2.75) is 0 Å². The lowest BCUT2D eigenvalue weighted by atomic mass is 10.2. The molecule has 4 rings (SSSR count). The zero-order valence-corrected chi connectivity index (χ0v) is 16.5. The number of hydrogen-bond donors (Lipinski definition) is 2. The molecule has 140 valence electrons. The van der Waals surface area contributed by atoms with E-state index in [2.05, 4.69) is 25.6 Å². The van der Waals surface area contributed by atoms with Gasteiger partial charge in [-0.05, 0) is 30.3 Å². The Labute approximate surface area is 174 Å². The number of halogens is 2. The maximum Gasteiger partial charge on any atom is 0.258 e. The average molecular weight is 431 g/mol. The van der Waals surface area contributed by atoms with Crippen molar-refractivity contribution in [1.82, 2.24) is 19.5 Å². The van der Waals surface area contributed by atoms with Gasteiger partial charge in [0.25, 0.3) is 5.91 Å². The Morgan fingerprint density at radius 3 is 2.54 bits per heavy atom. The molecular weight excluding hydrogens is 419 g/mol. The summed E-state index contributed by atoms with van der Waals surface area (Å²) < 4.78 is 2.61. The molecule has 1 amide bonds. The van der Waals surface area contributed by atoms with E-state index >= 15 is 0 Å². The predicted molar refractivity (Wildman–Crippen MR) is 111 cm³/mol. The van der Waals surface area contributed by atoms with Crippen LogP contribution in [0.3, 0.4) is 0 Å². The van der Waals surface area contributed by atoms with Crippen molar-refractivity contribution in [2.75, 3.05) is 10.6 Å². The van der Waals surface area contributed by atoms with Crippen molar-refractivity contribution in [3.63, 3.8) is 0 Å². The van der Waals surface area contributed by atoms with Crippen LogP contribution in [-0.2, 0) is 0 Å². The topological polar surface area (TPSA) is 84.7 Å². The van der Waals surface area contributed by atoms with Gasteiger partial charge < -0.3 is 10.6 Å². The lowest BCUT2D eigenvalue weighted by Gasteiger charge is -2.09. The first-order valence-corrected chi connectivity index (χ1v) is 9.59. The molecule has 4 aromatic rings. The van der Waals surface area contributed by atoms with Crippen molar-refractivity contribution >= 4 is 57.6 Å². The molecule has 0 unspecified atom stereocenters. The second-order valence-corrected chi connectivity index (χ2v) is 7.91. The monoisotopic (exact) mass is 430 g/mol. The van der Waals surface area contributed by atoms with Gasteiger partial charge in [0, 0.05) is 29.8 Å². The number of amides is 1. The highest BCUT2D eigenvalue weighted by molar-refractivity contribution is 7.20. The normalized spacial score (nSPS) is 10.6. The summed E-state index contributed by atoms with van der Waals surface area (Å²) in [5, 5.41) is 5.99. The molecule has 10 heteroatoms. The van der Waals surface area contributed by atoms with E-state index < -0.39 is 0 Å². The second kappa shape index (κ2) is 7.97.